The summed E-state index contributed by atoms with van der Waals surface area (Å²) in [6.07, 6.45) is 0. The molecular formula is C16H16N2O2. The molecule has 0 spiro atoms. The quantitative estimate of drug-likeness (QED) is 0.616. The second kappa shape index (κ2) is 4.63. The molecule has 0 radical (unpaired) electrons. The molecule has 1 heterocycles. The van der Waals surface area contributed by atoms with E-state index in [9.17, 15) is 10.1 Å². The smallest absolute Gasteiger partial charge is 0.274 e. The van der Waals surface area contributed by atoms with Crippen LogP contribution in [0.15, 0.2) is 36.4 Å². The van der Waals surface area contributed by atoms with Crippen molar-refractivity contribution in [1.29, 1.82) is 0 Å². The van der Waals surface area contributed by atoms with Crippen LogP contribution in [0.4, 0.5) is 11.4 Å². The zero-order chi connectivity index (χ0) is 14.3. The van der Waals surface area contributed by atoms with E-state index in [1.165, 1.54) is 11.1 Å². The van der Waals surface area contributed by atoms with Crippen LogP contribution in [0.5, 0.6) is 0 Å². The fourth-order valence-corrected chi connectivity index (χ4v) is 2.89. The van der Waals surface area contributed by atoms with E-state index in [0.29, 0.717) is 6.54 Å². The molecule has 0 aliphatic carbocycles. The van der Waals surface area contributed by atoms with E-state index in [2.05, 4.69) is 36.9 Å². The first-order valence-corrected chi connectivity index (χ1v) is 6.63. The number of aryl methyl sites for hydroxylation is 2. The number of nitro groups is 1. The molecule has 0 saturated heterocycles. The first-order valence-electron chi connectivity index (χ1n) is 6.63. The van der Waals surface area contributed by atoms with Gasteiger partial charge in [-0.25, -0.2) is 0 Å². The highest BCUT2D eigenvalue weighted by Gasteiger charge is 2.26. The van der Waals surface area contributed by atoms with Crippen molar-refractivity contribution in [3.63, 3.8) is 0 Å². The fraction of sp³-hybridized carbons (Fsp3) is 0.250. The molecule has 1 aliphatic heterocycles. The predicted octanol–water partition coefficient (Wildman–Crippen LogP) is 3.73. The Morgan fingerprint density at radius 2 is 1.80 bits per heavy atom. The molecule has 0 unspecified atom stereocenters. The molecule has 0 N–H and O–H groups in total. The number of benzene rings is 2. The third-order valence-electron chi connectivity index (χ3n) is 3.73. The summed E-state index contributed by atoms with van der Waals surface area (Å²) < 4.78 is 0. The number of nitrogens with zero attached hydrogens (tertiary/aromatic N) is 2. The lowest BCUT2D eigenvalue weighted by Gasteiger charge is -2.19. The van der Waals surface area contributed by atoms with Crippen molar-refractivity contribution in [1.82, 2.24) is 0 Å². The number of hydrogen-bond donors (Lipinski definition) is 0. The molecule has 0 saturated carbocycles. The minimum absolute atomic E-state index is 0.231. The van der Waals surface area contributed by atoms with Gasteiger partial charge < -0.3 is 4.90 Å². The van der Waals surface area contributed by atoms with E-state index in [4.69, 9.17) is 0 Å². The van der Waals surface area contributed by atoms with Gasteiger partial charge in [-0.15, -0.1) is 0 Å². The average Bonchev–Trinajstić information content (AvgIpc) is 2.80. The molecule has 0 atom stereocenters. The van der Waals surface area contributed by atoms with E-state index >= 15 is 0 Å². The van der Waals surface area contributed by atoms with Crippen LogP contribution in [-0.4, -0.2) is 4.92 Å². The summed E-state index contributed by atoms with van der Waals surface area (Å²) >= 11 is 0. The van der Waals surface area contributed by atoms with Gasteiger partial charge in [0.15, 0.2) is 0 Å². The van der Waals surface area contributed by atoms with Gasteiger partial charge in [0, 0.05) is 18.3 Å². The van der Waals surface area contributed by atoms with Gasteiger partial charge in [-0.1, -0.05) is 18.2 Å². The monoisotopic (exact) mass is 268 g/mol. The highest BCUT2D eigenvalue weighted by molar-refractivity contribution is 5.58. The minimum atomic E-state index is -0.288. The molecule has 2 aromatic carbocycles. The fourth-order valence-electron chi connectivity index (χ4n) is 2.89. The van der Waals surface area contributed by atoms with Crippen molar-refractivity contribution in [2.24, 2.45) is 0 Å². The lowest BCUT2D eigenvalue weighted by Crippen LogP contribution is -2.14. The van der Waals surface area contributed by atoms with Crippen LogP contribution in [0.1, 0.15) is 22.3 Å². The molecule has 2 aromatic rings. The van der Waals surface area contributed by atoms with E-state index in [1.807, 2.05) is 6.07 Å². The highest BCUT2D eigenvalue weighted by Crippen LogP contribution is 2.34. The van der Waals surface area contributed by atoms with E-state index < -0.39 is 0 Å². The number of fused-ring (bicyclic) bond motifs is 1. The highest BCUT2D eigenvalue weighted by atomic mass is 16.6. The molecule has 0 fully saturated rings. The normalized spacial score (nSPS) is 13.4. The Bertz CT molecular complexity index is 675. The second-order valence-corrected chi connectivity index (χ2v) is 5.37. The van der Waals surface area contributed by atoms with Gasteiger partial charge in [0.25, 0.3) is 5.69 Å². The maximum absolute atomic E-state index is 11.1. The van der Waals surface area contributed by atoms with Crippen molar-refractivity contribution >= 4 is 11.4 Å². The molecule has 102 valence electrons. The Morgan fingerprint density at radius 1 is 1.10 bits per heavy atom. The SMILES string of the molecule is Cc1cc(C)cc(N2Cc3cccc([N+](=O)[O-])c3C2)c1. The summed E-state index contributed by atoms with van der Waals surface area (Å²) in [5, 5.41) is 11.1. The van der Waals surface area contributed by atoms with Gasteiger partial charge >= 0.3 is 0 Å². The molecule has 3 rings (SSSR count). The zero-order valence-electron chi connectivity index (χ0n) is 11.6. The molecule has 1 aliphatic rings. The van der Waals surface area contributed by atoms with Crippen LogP contribution in [0.25, 0.3) is 0 Å². The Balaban J connectivity index is 1.98. The third kappa shape index (κ3) is 2.13. The first kappa shape index (κ1) is 12.7. The van der Waals surface area contributed by atoms with Gasteiger partial charge in [0.05, 0.1) is 17.0 Å². The topological polar surface area (TPSA) is 46.4 Å². The summed E-state index contributed by atoms with van der Waals surface area (Å²) in [6, 6.07) is 11.7. The van der Waals surface area contributed by atoms with Crippen LogP contribution in [0.2, 0.25) is 0 Å². The largest absolute Gasteiger partial charge is 0.363 e. The lowest BCUT2D eigenvalue weighted by molar-refractivity contribution is -0.385. The number of hydrogen-bond acceptors (Lipinski definition) is 3. The molecule has 4 nitrogen and oxygen atoms in total. The van der Waals surface area contributed by atoms with E-state index in [1.54, 1.807) is 12.1 Å². The number of anilines is 1. The number of nitro benzene ring substituents is 1. The Labute approximate surface area is 117 Å². The minimum Gasteiger partial charge on any atom is -0.363 e. The van der Waals surface area contributed by atoms with Crippen molar-refractivity contribution in [2.75, 3.05) is 4.90 Å². The van der Waals surface area contributed by atoms with Crippen LogP contribution in [-0.2, 0) is 13.1 Å². The molecule has 0 bridgehead atoms. The van der Waals surface area contributed by atoms with Gasteiger partial charge in [-0.05, 0) is 42.7 Å². The molecule has 20 heavy (non-hydrogen) atoms. The van der Waals surface area contributed by atoms with Crippen molar-refractivity contribution in [2.45, 2.75) is 26.9 Å². The maximum atomic E-state index is 11.1. The van der Waals surface area contributed by atoms with Crippen molar-refractivity contribution < 1.29 is 4.92 Å². The Hall–Kier alpha value is -2.36. The summed E-state index contributed by atoms with van der Waals surface area (Å²) in [4.78, 5) is 13.0. The van der Waals surface area contributed by atoms with Gasteiger partial charge in [-0.3, -0.25) is 10.1 Å². The molecule has 0 amide bonds. The lowest BCUT2D eigenvalue weighted by atomic mass is 10.1. The Kier molecular flexibility index (Phi) is 2.93. The molecule has 0 aromatic heterocycles. The van der Waals surface area contributed by atoms with E-state index in [0.717, 1.165) is 23.4 Å². The first-order chi connectivity index (χ1) is 9.54. The van der Waals surface area contributed by atoms with Crippen molar-refractivity contribution in [3.05, 3.63) is 68.8 Å². The summed E-state index contributed by atoms with van der Waals surface area (Å²) in [5.74, 6) is 0. The third-order valence-corrected chi connectivity index (χ3v) is 3.73. The van der Waals surface area contributed by atoms with Crippen LogP contribution < -0.4 is 4.90 Å². The van der Waals surface area contributed by atoms with E-state index in [-0.39, 0.29) is 10.6 Å². The summed E-state index contributed by atoms with van der Waals surface area (Å²) in [7, 11) is 0. The molecule has 4 heteroatoms. The van der Waals surface area contributed by atoms with Gasteiger partial charge in [-0.2, -0.15) is 0 Å². The van der Waals surface area contributed by atoms with Crippen LogP contribution in [0, 0.1) is 24.0 Å². The summed E-state index contributed by atoms with van der Waals surface area (Å²) in [6.45, 7) is 5.49. The second-order valence-electron chi connectivity index (χ2n) is 5.37. The average molecular weight is 268 g/mol. The van der Waals surface area contributed by atoms with Crippen LogP contribution in [0.3, 0.4) is 0 Å². The van der Waals surface area contributed by atoms with Crippen LogP contribution >= 0.6 is 0 Å². The standard InChI is InChI=1S/C16H16N2O2/c1-11-6-12(2)8-14(7-11)17-9-13-4-3-5-16(18(19)20)15(13)10-17/h3-8H,9-10H2,1-2H3. The van der Waals surface area contributed by atoms with Crippen molar-refractivity contribution in [3.8, 4) is 0 Å². The van der Waals surface area contributed by atoms with Gasteiger partial charge in [0.1, 0.15) is 0 Å². The molecular weight excluding hydrogens is 252 g/mol. The number of rotatable bonds is 2. The summed E-state index contributed by atoms with van der Waals surface area (Å²) in [5.41, 5.74) is 5.69. The van der Waals surface area contributed by atoms with Gasteiger partial charge in [0.2, 0.25) is 0 Å². The maximum Gasteiger partial charge on any atom is 0.274 e. The Morgan fingerprint density at radius 3 is 2.45 bits per heavy atom. The predicted molar refractivity (Wildman–Crippen MR) is 78.9 cm³/mol. The zero-order valence-corrected chi connectivity index (χ0v) is 11.6.